The molecule has 0 bridgehead atoms. The highest BCUT2D eigenvalue weighted by atomic mass is 32.2. The standard InChI is InChI=1S/C21H21N3O5S/c25-19(9-12-22-20-15-5-1-2-6-18(15)30(26,27)24-20)23-14-7-8-16-17(13-14)29-21(28-16)10-3-4-11-21/h1-2,5-8,13H,3-4,9-12H2,(H,22,24)(H,23,25). The summed E-state index contributed by atoms with van der Waals surface area (Å²) >= 11 is 0. The number of anilines is 1. The predicted octanol–water partition coefficient (Wildman–Crippen LogP) is 2.80. The lowest BCUT2D eigenvalue weighted by Gasteiger charge is -2.21. The van der Waals surface area contributed by atoms with Gasteiger partial charge in [-0.25, -0.2) is 8.42 Å². The highest BCUT2D eigenvalue weighted by Crippen LogP contribution is 2.47. The quantitative estimate of drug-likeness (QED) is 0.781. The second-order valence-electron chi connectivity index (χ2n) is 7.61. The first kappa shape index (κ1) is 18.9. The van der Waals surface area contributed by atoms with Crippen molar-refractivity contribution >= 4 is 27.5 Å². The summed E-state index contributed by atoms with van der Waals surface area (Å²) in [5.74, 6) is 0.859. The van der Waals surface area contributed by atoms with Crippen LogP contribution in [0.3, 0.4) is 0 Å². The predicted molar refractivity (Wildman–Crippen MR) is 110 cm³/mol. The molecule has 1 amide bonds. The summed E-state index contributed by atoms with van der Waals surface area (Å²) in [5, 5.41) is 2.83. The summed E-state index contributed by atoms with van der Waals surface area (Å²) in [5.41, 5.74) is 1.14. The normalized spacial score (nSPS) is 20.9. The largest absolute Gasteiger partial charge is 0.448 e. The lowest BCUT2D eigenvalue weighted by atomic mass is 10.2. The van der Waals surface area contributed by atoms with Gasteiger partial charge >= 0.3 is 0 Å². The Labute approximate surface area is 174 Å². The molecule has 2 aromatic carbocycles. The van der Waals surface area contributed by atoms with E-state index in [0.29, 0.717) is 22.7 Å². The number of benzene rings is 2. The lowest BCUT2D eigenvalue weighted by molar-refractivity contribution is -0.116. The van der Waals surface area contributed by atoms with Crippen molar-refractivity contribution in [2.24, 2.45) is 4.99 Å². The fourth-order valence-electron chi connectivity index (χ4n) is 4.03. The van der Waals surface area contributed by atoms with E-state index in [0.717, 1.165) is 25.7 Å². The highest BCUT2D eigenvalue weighted by Gasteiger charge is 2.44. The monoisotopic (exact) mass is 427 g/mol. The van der Waals surface area contributed by atoms with Crippen molar-refractivity contribution in [3.63, 3.8) is 0 Å². The molecule has 0 atom stereocenters. The van der Waals surface area contributed by atoms with E-state index in [2.05, 4.69) is 15.0 Å². The molecule has 5 rings (SSSR count). The highest BCUT2D eigenvalue weighted by molar-refractivity contribution is 7.90. The first-order valence-electron chi connectivity index (χ1n) is 9.93. The van der Waals surface area contributed by atoms with Gasteiger partial charge in [0.05, 0.1) is 11.4 Å². The third-order valence-electron chi connectivity index (χ3n) is 5.46. The summed E-state index contributed by atoms with van der Waals surface area (Å²) in [6, 6.07) is 12.0. The molecule has 0 aromatic heterocycles. The van der Waals surface area contributed by atoms with Gasteiger partial charge in [0.1, 0.15) is 5.84 Å². The molecule has 2 aromatic rings. The number of aliphatic imine (C=N–C) groups is 1. The number of nitrogens with one attached hydrogen (secondary N) is 2. The van der Waals surface area contributed by atoms with Crippen LogP contribution in [0.1, 0.15) is 37.7 Å². The molecule has 2 N–H and O–H groups in total. The van der Waals surface area contributed by atoms with Crippen LogP contribution in [0.5, 0.6) is 11.5 Å². The Balaban J connectivity index is 1.21. The zero-order chi connectivity index (χ0) is 20.8. The van der Waals surface area contributed by atoms with Crippen LogP contribution in [0.25, 0.3) is 0 Å². The summed E-state index contributed by atoms with van der Waals surface area (Å²) < 4.78 is 38.6. The molecule has 9 heteroatoms. The zero-order valence-corrected chi connectivity index (χ0v) is 17.0. The molecule has 3 aliphatic rings. The van der Waals surface area contributed by atoms with E-state index in [1.807, 2.05) is 6.07 Å². The number of fused-ring (bicyclic) bond motifs is 2. The zero-order valence-electron chi connectivity index (χ0n) is 16.2. The fraction of sp³-hybridized carbons (Fsp3) is 0.333. The van der Waals surface area contributed by atoms with Crippen molar-refractivity contribution in [1.29, 1.82) is 0 Å². The molecule has 0 saturated heterocycles. The van der Waals surface area contributed by atoms with Crippen molar-refractivity contribution in [1.82, 2.24) is 4.72 Å². The number of ether oxygens (including phenoxy) is 2. The Morgan fingerprint density at radius 2 is 1.87 bits per heavy atom. The first-order chi connectivity index (χ1) is 14.4. The van der Waals surface area contributed by atoms with Crippen LogP contribution < -0.4 is 19.5 Å². The average molecular weight is 427 g/mol. The molecular weight excluding hydrogens is 406 g/mol. The van der Waals surface area contributed by atoms with E-state index >= 15 is 0 Å². The molecule has 30 heavy (non-hydrogen) atoms. The van der Waals surface area contributed by atoms with E-state index in [1.54, 1.807) is 30.3 Å². The van der Waals surface area contributed by atoms with Crippen molar-refractivity contribution < 1.29 is 22.7 Å². The number of carbonyl (C=O) groups is 1. The van der Waals surface area contributed by atoms with Crippen LogP contribution in [-0.4, -0.2) is 32.5 Å². The minimum absolute atomic E-state index is 0.117. The van der Waals surface area contributed by atoms with Gasteiger partial charge in [-0.05, 0) is 37.1 Å². The minimum atomic E-state index is -3.58. The topological polar surface area (TPSA) is 106 Å². The van der Waals surface area contributed by atoms with Gasteiger partial charge in [-0.1, -0.05) is 12.1 Å². The van der Waals surface area contributed by atoms with Crippen molar-refractivity contribution in [3.05, 3.63) is 48.0 Å². The van der Waals surface area contributed by atoms with Gasteiger partial charge in [-0.15, -0.1) is 0 Å². The third-order valence-corrected chi connectivity index (χ3v) is 6.85. The Hall–Kier alpha value is -3.07. The maximum atomic E-state index is 12.3. The number of amides is 1. The van der Waals surface area contributed by atoms with Gasteiger partial charge < -0.3 is 14.8 Å². The molecule has 2 heterocycles. The smallest absolute Gasteiger partial charge is 0.263 e. The SMILES string of the molecule is O=C(CCN=C1NS(=O)(=O)c2ccccc21)Nc1ccc2c(c1)OC1(CCCC1)O2. The number of sulfonamides is 1. The van der Waals surface area contributed by atoms with Gasteiger partial charge in [0.25, 0.3) is 15.8 Å². The van der Waals surface area contributed by atoms with Crippen LogP contribution in [0.2, 0.25) is 0 Å². The number of hydrogen-bond acceptors (Lipinski definition) is 6. The van der Waals surface area contributed by atoms with Crippen LogP contribution in [-0.2, 0) is 14.8 Å². The van der Waals surface area contributed by atoms with Gasteiger partial charge in [-0.3, -0.25) is 14.5 Å². The molecular formula is C21H21N3O5S. The van der Waals surface area contributed by atoms with Crippen LogP contribution in [0.4, 0.5) is 5.69 Å². The molecule has 0 unspecified atom stereocenters. The molecule has 1 spiro atoms. The Morgan fingerprint density at radius 3 is 2.70 bits per heavy atom. The van der Waals surface area contributed by atoms with E-state index < -0.39 is 15.8 Å². The number of carbonyl (C=O) groups excluding carboxylic acids is 1. The van der Waals surface area contributed by atoms with Crippen molar-refractivity contribution in [2.75, 3.05) is 11.9 Å². The fourth-order valence-corrected chi connectivity index (χ4v) is 5.28. The van der Waals surface area contributed by atoms with E-state index in [4.69, 9.17) is 9.47 Å². The Morgan fingerprint density at radius 1 is 1.10 bits per heavy atom. The van der Waals surface area contributed by atoms with Gasteiger partial charge in [-0.2, -0.15) is 0 Å². The van der Waals surface area contributed by atoms with Crippen molar-refractivity contribution in [2.45, 2.75) is 42.8 Å². The summed E-state index contributed by atoms with van der Waals surface area (Å²) in [4.78, 5) is 16.8. The Kier molecular flexibility index (Phi) is 4.43. The van der Waals surface area contributed by atoms with Crippen LogP contribution in [0, 0.1) is 0 Å². The van der Waals surface area contributed by atoms with E-state index in [9.17, 15) is 13.2 Å². The molecule has 1 aliphatic carbocycles. The van der Waals surface area contributed by atoms with E-state index in [-0.39, 0.29) is 29.6 Å². The molecule has 2 aliphatic heterocycles. The maximum Gasteiger partial charge on any atom is 0.263 e. The average Bonchev–Trinajstić information content (AvgIpc) is 3.38. The second-order valence-corrected chi connectivity index (χ2v) is 9.26. The van der Waals surface area contributed by atoms with Crippen LogP contribution >= 0.6 is 0 Å². The molecule has 0 radical (unpaired) electrons. The molecule has 8 nitrogen and oxygen atoms in total. The summed E-state index contributed by atoms with van der Waals surface area (Å²) in [7, 11) is -3.58. The van der Waals surface area contributed by atoms with Gasteiger partial charge in [0.15, 0.2) is 11.5 Å². The number of rotatable bonds is 4. The number of amidine groups is 1. The van der Waals surface area contributed by atoms with Gasteiger partial charge in [0, 0.05) is 36.6 Å². The molecule has 1 saturated carbocycles. The van der Waals surface area contributed by atoms with Gasteiger partial charge in [0.2, 0.25) is 5.91 Å². The number of hydrogen-bond donors (Lipinski definition) is 2. The molecule has 156 valence electrons. The van der Waals surface area contributed by atoms with Crippen molar-refractivity contribution in [3.8, 4) is 11.5 Å². The summed E-state index contributed by atoms with van der Waals surface area (Å²) in [6.07, 6.45) is 4.03. The summed E-state index contributed by atoms with van der Waals surface area (Å²) in [6.45, 7) is 0.158. The Bertz CT molecular complexity index is 1150. The minimum Gasteiger partial charge on any atom is -0.448 e. The molecule has 1 fully saturated rings. The first-order valence-corrected chi connectivity index (χ1v) is 11.4. The number of nitrogens with zero attached hydrogens (tertiary/aromatic N) is 1. The second kappa shape index (κ2) is 7.02. The third kappa shape index (κ3) is 3.39. The van der Waals surface area contributed by atoms with Crippen LogP contribution in [0.15, 0.2) is 52.4 Å². The maximum absolute atomic E-state index is 12.3. The lowest BCUT2D eigenvalue weighted by Crippen LogP contribution is -2.34. The van der Waals surface area contributed by atoms with E-state index in [1.165, 1.54) is 6.07 Å².